The van der Waals surface area contributed by atoms with Crippen LogP contribution >= 0.6 is 0 Å². The van der Waals surface area contributed by atoms with Gasteiger partial charge in [-0.3, -0.25) is 4.79 Å². The number of hydrogen-bond acceptors (Lipinski definition) is 3. The first kappa shape index (κ1) is 16.0. The average Bonchev–Trinajstić information content (AvgIpc) is 3.00. The van der Waals surface area contributed by atoms with Crippen molar-refractivity contribution in [2.45, 2.75) is 39.5 Å². The van der Waals surface area contributed by atoms with Gasteiger partial charge in [0.2, 0.25) is 0 Å². The number of benzene rings is 1. The van der Waals surface area contributed by atoms with Crippen molar-refractivity contribution < 1.29 is 14.3 Å². The maximum atomic E-state index is 10.6. The van der Waals surface area contributed by atoms with Crippen molar-refractivity contribution in [3.05, 3.63) is 42.4 Å². The van der Waals surface area contributed by atoms with E-state index < -0.39 is 0 Å². The molecule has 1 N–H and O–H groups in total. The summed E-state index contributed by atoms with van der Waals surface area (Å²) in [6, 6.07) is 6.73. The van der Waals surface area contributed by atoms with E-state index in [-0.39, 0.29) is 11.3 Å². The van der Waals surface area contributed by atoms with E-state index in [1.165, 1.54) is 38.2 Å². The standard InChI is InChI=1S/C11H8O3.C6H14/c12-6-8-2-1-3-10(11(8)13)9-4-5-14-7-9;1-3-5-6-4-2/h1-7,13H;3-6H2,1-2H3. The summed E-state index contributed by atoms with van der Waals surface area (Å²) in [4.78, 5) is 10.6. The largest absolute Gasteiger partial charge is 0.507 e. The highest BCUT2D eigenvalue weighted by molar-refractivity contribution is 5.85. The molecular weight excluding hydrogens is 252 g/mol. The molecule has 0 aliphatic heterocycles. The Labute approximate surface area is 120 Å². The van der Waals surface area contributed by atoms with Gasteiger partial charge in [0.15, 0.2) is 6.29 Å². The van der Waals surface area contributed by atoms with Gasteiger partial charge in [-0.25, -0.2) is 0 Å². The Morgan fingerprint density at radius 1 is 1.15 bits per heavy atom. The molecule has 0 fully saturated rings. The van der Waals surface area contributed by atoms with Gasteiger partial charge in [-0.2, -0.15) is 0 Å². The summed E-state index contributed by atoms with van der Waals surface area (Å²) in [5.74, 6) is -0.0103. The Morgan fingerprint density at radius 3 is 2.35 bits per heavy atom. The van der Waals surface area contributed by atoms with Crippen LogP contribution in [-0.2, 0) is 0 Å². The summed E-state index contributed by atoms with van der Waals surface area (Å²) in [5, 5.41) is 9.69. The van der Waals surface area contributed by atoms with Gasteiger partial charge in [-0.05, 0) is 12.1 Å². The van der Waals surface area contributed by atoms with Crippen LogP contribution in [0.15, 0.2) is 41.2 Å². The fourth-order valence-electron chi connectivity index (χ4n) is 1.81. The second-order valence-corrected chi connectivity index (χ2v) is 4.58. The molecule has 0 unspecified atom stereocenters. The van der Waals surface area contributed by atoms with Crippen LogP contribution in [0.1, 0.15) is 49.9 Å². The van der Waals surface area contributed by atoms with E-state index in [0.29, 0.717) is 11.8 Å². The van der Waals surface area contributed by atoms with E-state index in [4.69, 9.17) is 4.42 Å². The zero-order valence-electron chi connectivity index (χ0n) is 12.1. The molecule has 1 aromatic carbocycles. The van der Waals surface area contributed by atoms with Gasteiger partial charge < -0.3 is 9.52 Å². The molecule has 0 amide bonds. The number of unbranched alkanes of at least 4 members (excludes halogenated alkanes) is 3. The van der Waals surface area contributed by atoms with Crippen LogP contribution < -0.4 is 0 Å². The zero-order chi connectivity index (χ0) is 14.8. The van der Waals surface area contributed by atoms with Crippen molar-refractivity contribution in [1.29, 1.82) is 0 Å². The van der Waals surface area contributed by atoms with E-state index in [0.717, 1.165) is 5.56 Å². The number of rotatable bonds is 5. The van der Waals surface area contributed by atoms with Crippen molar-refractivity contribution in [2.24, 2.45) is 0 Å². The second kappa shape index (κ2) is 8.97. The molecule has 0 saturated heterocycles. The summed E-state index contributed by atoms with van der Waals surface area (Å²) >= 11 is 0. The molecule has 3 nitrogen and oxygen atoms in total. The third-order valence-corrected chi connectivity index (χ3v) is 2.98. The zero-order valence-corrected chi connectivity index (χ0v) is 12.1. The van der Waals surface area contributed by atoms with Gasteiger partial charge >= 0.3 is 0 Å². The normalized spacial score (nSPS) is 9.70. The molecule has 0 spiro atoms. The van der Waals surface area contributed by atoms with Crippen molar-refractivity contribution in [3.63, 3.8) is 0 Å². The number of aromatic hydroxyl groups is 1. The Morgan fingerprint density at radius 2 is 1.85 bits per heavy atom. The van der Waals surface area contributed by atoms with Crippen LogP contribution in [0.4, 0.5) is 0 Å². The van der Waals surface area contributed by atoms with Crippen LogP contribution in [-0.4, -0.2) is 11.4 Å². The van der Waals surface area contributed by atoms with Crippen LogP contribution in [0.5, 0.6) is 5.75 Å². The topological polar surface area (TPSA) is 50.4 Å². The number of phenolic OH excluding ortho intramolecular Hbond substituents is 1. The van der Waals surface area contributed by atoms with Gasteiger partial charge in [0, 0.05) is 11.1 Å². The smallest absolute Gasteiger partial charge is 0.153 e. The average molecular weight is 274 g/mol. The Kier molecular flexibility index (Phi) is 7.18. The molecular formula is C17H22O3. The molecule has 0 bridgehead atoms. The lowest BCUT2D eigenvalue weighted by atomic mass is 10.0. The van der Waals surface area contributed by atoms with Crippen molar-refractivity contribution >= 4 is 6.29 Å². The van der Waals surface area contributed by atoms with Gasteiger partial charge in [-0.1, -0.05) is 51.7 Å². The molecule has 0 aliphatic carbocycles. The predicted octanol–water partition coefficient (Wildman–Crippen LogP) is 5.05. The minimum Gasteiger partial charge on any atom is -0.507 e. The van der Waals surface area contributed by atoms with Gasteiger partial charge in [0.05, 0.1) is 18.1 Å². The lowest BCUT2D eigenvalue weighted by Crippen LogP contribution is -1.83. The fraction of sp³-hybridized carbons (Fsp3) is 0.353. The van der Waals surface area contributed by atoms with Crippen LogP contribution in [0.3, 0.4) is 0 Å². The first-order valence-electron chi connectivity index (χ1n) is 7.04. The van der Waals surface area contributed by atoms with Crippen molar-refractivity contribution in [1.82, 2.24) is 0 Å². The molecule has 1 aromatic heterocycles. The van der Waals surface area contributed by atoms with E-state index >= 15 is 0 Å². The number of hydrogen-bond donors (Lipinski definition) is 1. The lowest BCUT2D eigenvalue weighted by Gasteiger charge is -2.02. The molecule has 0 atom stereocenters. The summed E-state index contributed by atoms with van der Waals surface area (Å²) < 4.78 is 4.90. The SMILES string of the molecule is CCCCCC.O=Cc1cccc(-c2ccoc2)c1O. The number of carbonyl (C=O) groups excluding carboxylic acids is 1. The van der Waals surface area contributed by atoms with E-state index in [9.17, 15) is 9.90 Å². The molecule has 0 aliphatic rings. The van der Waals surface area contributed by atoms with E-state index in [1.807, 2.05) is 0 Å². The van der Waals surface area contributed by atoms with Gasteiger partial charge in [-0.15, -0.1) is 0 Å². The minimum absolute atomic E-state index is 0.0103. The number of aldehydes is 1. The molecule has 108 valence electrons. The third kappa shape index (κ3) is 4.57. The summed E-state index contributed by atoms with van der Waals surface area (Å²) in [6.45, 7) is 4.46. The highest BCUT2D eigenvalue weighted by Crippen LogP contribution is 2.31. The lowest BCUT2D eigenvalue weighted by molar-refractivity contribution is 0.112. The summed E-state index contributed by atoms with van der Waals surface area (Å²) in [7, 11) is 0. The molecule has 20 heavy (non-hydrogen) atoms. The van der Waals surface area contributed by atoms with E-state index in [2.05, 4.69) is 13.8 Å². The third-order valence-electron chi connectivity index (χ3n) is 2.98. The van der Waals surface area contributed by atoms with Gasteiger partial charge in [0.1, 0.15) is 5.75 Å². The number of furan rings is 1. The predicted molar refractivity (Wildman–Crippen MR) is 81.0 cm³/mol. The molecule has 3 heteroatoms. The quantitative estimate of drug-likeness (QED) is 0.613. The second-order valence-electron chi connectivity index (χ2n) is 4.58. The van der Waals surface area contributed by atoms with E-state index in [1.54, 1.807) is 24.3 Å². The first-order valence-corrected chi connectivity index (χ1v) is 7.04. The monoisotopic (exact) mass is 274 g/mol. The van der Waals surface area contributed by atoms with Crippen LogP contribution in [0, 0.1) is 0 Å². The molecule has 0 saturated carbocycles. The maximum Gasteiger partial charge on any atom is 0.153 e. The van der Waals surface area contributed by atoms with Crippen molar-refractivity contribution in [2.75, 3.05) is 0 Å². The highest BCUT2D eigenvalue weighted by atomic mass is 16.3. The molecule has 1 heterocycles. The maximum absolute atomic E-state index is 10.6. The van der Waals surface area contributed by atoms with Crippen LogP contribution in [0.25, 0.3) is 11.1 Å². The summed E-state index contributed by atoms with van der Waals surface area (Å²) in [5.41, 5.74) is 1.64. The highest BCUT2D eigenvalue weighted by Gasteiger charge is 2.08. The van der Waals surface area contributed by atoms with Gasteiger partial charge in [0.25, 0.3) is 0 Å². The molecule has 2 aromatic rings. The Bertz CT molecular complexity index is 497. The molecule has 2 rings (SSSR count). The number of carbonyl (C=O) groups is 1. The van der Waals surface area contributed by atoms with Crippen LogP contribution in [0.2, 0.25) is 0 Å². The minimum atomic E-state index is -0.0103. The fourth-order valence-corrected chi connectivity index (χ4v) is 1.81. The Balaban J connectivity index is 0.000000286. The summed E-state index contributed by atoms with van der Waals surface area (Å²) in [6.07, 6.45) is 9.19. The number of phenols is 1. The molecule has 0 radical (unpaired) electrons. The first-order chi connectivity index (χ1) is 9.74. The Hall–Kier alpha value is -2.03. The van der Waals surface area contributed by atoms with Crippen molar-refractivity contribution in [3.8, 4) is 16.9 Å². The number of para-hydroxylation sites is 1.